The van der Waals surface area contributed by atoms with Crippen LogP contribution in [0.2, 0.25) is 0 Å². The zero-order valence-electron chi connectivity index (χ0n) is 14.3. The highest BCUT2D eigenvalue weighted by Crippen LogP contribution is 2.17. The molecule has 0 aromatic heterocycles. The summed E-state index contributed by atoms with van der Waals surface area (Å²) in [6.45, 7) is 5.10. The van der Waals surface area contributed by atoms with E-state index in [1.165, 1.54) is 14.0 Å². The highest BCUT2D eigenvalue weighted by atomic mass is 16.5. The molecule has 24 heavy (non-hydrogen) atoms. The zero-order chi connectivity index (χ0) is 18.3. The molecule has 0 bridgehead atoms. The molecule has 2 atom stereocenters. The Morgan fingerprint density at radius 2 is 1.79 bits per heavy atom. The summed E-state index contributed by atoms with van der Waals surface area (Å²) >= 11 is 0. The maximum absolute atomic E-state index is 12.4. The van der Waals surface area contributed by atoms with Crippen LogP contribution in [-0.2, 0) is 9.59 Å². The molecule has 0 aliphatic heterocycles. The van der Waals surface area contributed by atoms with E-state index in [0.29, 0.717) is 11.3 Å². The highest BCUT2D eigenvalue weighted by molar-refractivity contribution is 5.99. The van der Waals surface area contributed by atoms with Gasteiger partial charge >= 0.3 is 5.97 Å². The summed E-state index contributed by atoms with van der Waals surface area (Å²) in [6.07, 6.45) is 0. The van der Waals surface area contributed by atoms with Crippen molar-refractivity contribution in [2.45, 2.75) is 26.8 Å². The topological polar surface area (TPSA) is 105 Å². The van der Waals surface area contributed by atoms with Crippen molar-refractivity contribution in [3.8, 4) is 5.75 Å². The fourth-order valence-corrected chi connectivity index (χ4v) is 2.04. The lowest BCUT2D eigenvalue weighted by atomic mass is 10.0. The van der Waals surface area contributed by atoms with Crippen LogP contribution in [0.3, 0.4) is 0 Å². The predicted octanol–water partition coefficient (Wildman–Crippen LogP) is 1.29. The Hall–Kier alpha value is -2.57. The number of aliphatic carboxylic acids is 1. The van der Waals surface area contributed by atoms with E-state index in [0.717, 1.165) is 0 Å². The van der Waals surface area contributed by atoms with Gasteiger partial charge in [-0.25, -0.2) is 0 Å². The molecule has 1 aromatic carbocycles. The largest absolute Gasteiger partial charge is 0.496 e. The molecule has 3 N–H and O–H groups in total. The number of methoxy groups -OCH3 is 1. The molecule has 1 aromatic rings. The van der Waals surface area contributed by atoms with E-state index in [9.17, 15) is 14.4 Å². The van der Waals surface area contributed by atoms with Crippen LogP contribution < -0.4 is 15.4 Å². The first-order valence-corrected chi connectivity index (χ1v) is 7.72. The maximum Gasteiger partial charge on any atom is 0.308 e. The standard InChI is InChI=1S/C17H24N2O5/c1-10(2)14(16(21)18-9-11(3)17(22)23)19-15(20)12-7-5-6-8-13(12)24-4/h5-8,10-11,14H,9H2,1-4H3,(H,18,21)(H,19,20)(H,22,23). The second-order valence-electron chi connectivity index (χ2n) is 5.88. The molecule has 0 saturated heterocycles. The van der Waals surface area contributed by atoms with E-state index in [1.54, 1.807) is 38.1 Å². The van der Waals surface area contributed by atoms with E-state index >= 15 is 0 Å². The van der Waals surface area contributed by atoms with Gasteiger partial charge in [0.05, 0.1) is 18.6 Å². The number of carbonyl (C=O) groups is 3. The number of rotatable bonds is 8. The van der Waals surface area contributed by atoms with Crippen molar-refractivity contribution in [2.75, 3.05) is 13.7 Å². The van der Waals surface area contributed by atoms with Crippen molar-refractivity contribution in [3.63, 3.8) is 0 Å². The smallest absolute Gasteiger partial charge is 0.308 e. The normalized spacial score (nSPS) is 13.0. The summed E-state index contributed by atoms with van der Waals surface area (Å²) in [5.41, 5.74) is 0.331. The average Bonchev–Trinajstić information content (AvgIpc) is 2.56. The molecule has 7 nitrogen and oxygen atoms in total. The van der Waals surface area contributed by atoms with Gasteiger partial charge in [-0.1, -0.05) is 32.9 Å². The minimum absolute atomic E-state index is 0.00190. The van der Waals surface area contributed by atoms with Crippen LogP contribution in [0.15, 0.2) is 24.3 Å². The molecule has 2 amide bonds. The lowest BCUT2D eigenvalue weighted by Gasteiger charge is -2.22. The second kappa shape index (κ2) is 8.90. The van der Waals surface area contributed by atoms with Crippen molar-refractivity contribution in [3.05, 3.63) is 29.8 Å². The molecule has 0 aliphatic rings. The quantitative estimate of drug-likeness (QED) is 0.663. The number of benzene rings is 1. The molecule has 1 rings (SSSR count). The summed E-state index contributed by atoms with van der Waals surface area (Å²) in [4.78, 5) is 35.5. The summed E-state index contributed by atoms with van der Waals surface area (Å²) < 4.78 is 5.15. The number of carboxylic acid groups (broad SMARTS) is 1. The Bertz CT molecular complexity index is 600. The SMILES string of the molecule is COc1ccccc1C(=O)NC(C(=O)NCC(C)C(=O)O)C(C)C. The van der Waals surface area contributed by atoms with E-state index in [-0.39, 0.29) is 12.5 Å². The third kappa shape index (κ3) is 5.26. The first kappa shape index (κ1) is 19.5. The van der Waals surface area contributed by atoms with Gasteiger partial charge in [0.25, 0.3) is 5.91 Å². The van der Waals surface area contributed by atoms with Gasteiger partial charge in [0.2, 0.25) is 5.91 Å². The van der Waals surface area contributed by atoms with E-state index in [1.807, 2.05) is 0 Å². The fraction of sp³-hybridized carbons (Fsp3) is 0.471. The van der Waals surface area contributed by atoms with Crippen molar-refractivity contribution in [2.24, 2.45) is 11.8 Å². The van der Waals surface area contributed by atoms with Crippen LogP contribution in [0.4, 0.5) is 0 Å². The molecule has 7 heteroatoms. The molecule has 132 valence electrons. The first-order chi connectivity index (χ1) is 11.3. The third-order valence-corrected chi connectivity index (χ3v) is 3.59. The Balaban J connectivity index is 2.80. The van der Waals surface area contributed by atoms with Gasteiger partial charge in [-0.05, 0) is 18.1 Å². The number of hydrogen-bond acceptors (Lipinski definition) is 4. The molecule has 0 saturated carbocycles. The lowest BCUT2D eigenvalue weighted by Crippen LogP contribution is -2.50. The number of carboxylic acids is 1. The highest BCUT2D eigenvalue weighted by Gasteiger charge is 2.26. The Morgan fingerprint density at radius 3 is 2.33 bits per heavy atom. The molecular weight excluding hydrogens is 312 g/mol. The molecular formula is C17H24N2O5. The van der Waals surface area contributed by atoms with Crippen molar-refractivity contribution < 1.29 is 24.2 Å². The van der Waals surface area contributed by atoms with Gasteiger partial charge < -0.3 is 20.5 Å². The van der Waals surface area contributed by atoms with E-state index < -0.39 is 29.7 Å². The number of ether oxygens (including phenoxy) is 1. The van der Waals surface area contributed by atoms with Crippen LogP contribution in [0.5, 0.6) is 5.75 Å². The van der Waals surface area contributed by atoms with Crippen molar-refractivity contribution in [1.29, 1.82) is 0 Å². The van der Waals surface area contributed by atoms with Crippen molar-refractivity contribution >= 4 is 17.8 Å². The number of hydrogen-bond donors (Lipinski definition) is 3. The van der Waals surface area contributed by atoms with Gasteiger partial charge in [-0.15, -0.1) is 0 Å². The number of amides is 2. The van der Waals surface area contributed by atoms with Gasteiger partial charge in [-0.3, -0.25) is 14.4 Å². The molecule has 0 heterocycles. The summed E-state index contributed by atoms with van der Waals surface area (Å²) in [5.74, 6) is -2.28. The van der Waals surface area contributed by atoms with Gasteiger partial charge in [0, 0.05) is 6.54 Å². The summed E-state index contributed by atoms with van der Waals surface area (Å²) in [6, 6.07) is 5.94. The molecule has 2 unspecified atom stereocenters. The van der Waals surface area contributed by atoms with Crippen LogP contribution in [0.1, 0.15) is 31.1 Å². The Labute approximate surface area is 141 Å². The zero-order valence-corrected chi connectivity index (χ0v) is 14.3. The van der Waals surface area contributed by atoms with E-state index in [2.05, 4.69) is 10.6 Å². The van der Waals surface area contributed by atoms with Gasteiger partial charge in [0.1, 0.15) is 11.8 Å². The van der Waals surface area contributed by atoms with Gasteiger partial charge in [-0.2, -0.15) is 0 Å². The minimum Gasteiger partial charge on any atom is -0.496 e. The molecule has 0 aliphatic carbocycles. The van der Waals surface area contributed by atoms with Crippen molar-refractivity contribution in [1.82, 2.24) is 10.6 Å². The maximum atomic E-state index is 12.4. The second-order valence-corrected chi connectivity index (χ2v) is 5.88. The van der Waals surface area contributed by atoms with Crippen LogP contribution in [0, 0.1) is 11.8 Å². The lowest BCUT2D eigenvalue weighted by molar-refractivity contribution is -0.141. The predicted molar refractivity (Wildman–Crippen MR) is 88.9 cm³/mol. The monoisotopic (exact) mass is 336 g/mol. The summed E-state index contributed by atoms with van der Waals surface area (Å²) in [7, 11) is 1.46. The third-order valence-electron chi connectivity index (χ3n) is 3.59. The molecule has 0 fully saturated rings. The summed E-state index contributed by atoms with van der Waals surface area (Å²) in [5, 5.41) is 14.1. The van der Waals surface area contributed by atoms with Crippen LogP contribution >= 0.6 is 0 Å². The first-order valence-electron chi connectivity index (χ1n) is 7.72. The molecule has 0 radical (unpaired) electrons. The number of para-hydroxylation sites is 1. The Morgan fingerprint density at radius 1 is 1.17 bits per heavy atom. The number of nitrogens with one attached hydrogen (secondary N) is 2. The average molecular weight is 336 g/mol. The van der Waals surface area contributed by atoms with Crippen LogP contribution in [0.25, 0.3) is 0 Å². The van der Waals surface area contributed by atoms with Crippen LogP contribution in [-0.4, -0.2) is 42.6 Å². The van der Waals surface area contributed by atoms with Gasteiger partial charge in [0.15, 0.2) is 0 Å². The minimum atomic E-state index is -0.991. The Kier molecular flexibility index (Phi) is 7.23. The number of carbonyl (C=O) groups excluding carboxylic acids is 2. The fourth-order valence-electron chi connectivity index (χ4n) is 2.04. The van der Waals surface area contributed by atoms with E-state index in [4.69, 9.17) is 9.84 Å². The molecule has 0 spiro atoms.